The van der Waals surface area contributed by atoms with E-state index < -0.39 is 6.09 Å². The maximum atomic E-state index is 12.7. The quantitative estimate of drug-likeness (QED) is 0.580. The van der Waals surface area contributed by atoms with Crippen LogP contribution in [0.1, 0.15) is 20.4 Å². The molecule has 3 aromatic rings. The fourth-order valence-corrected chi connectivity index (χ4v) is 4.59. The molecular weight excluding hydrogens is 384 g/mol. The first kappa shape index (κ1) is 17.5. The van der Waals surface area contributed by atoms with E-state index in [9.17, 15) is 9.59 Å². The lowest BCUT2D eigenvalue weighted by atomic mass is 10.1. The van der Waals surface area contributed by atoms with Crippen molar-refractivity contribution in [2.45, 2.75) is 13.0 Å². The van der Waals surface area contributed by atoms with Gasteiger partial charge in [0.25, 0.3) is 5.91 Å². The maximum absolute atomic E-state index is 12.7. The number of rotatable bonds is 3. The van der Waals surface area contributed by atoms with Crippen LogP contribution in [0.3, 0.4) is 0 Å². The highest BCUT2D eigenvalue weighted by atomic mass is 32.1. The number of benzene rings is 1. The topological polar surface area (TPSA) is 109 Å². The van der Waals surface area contributed by atoms with Crippen molar-refractivity contribution in [3.63, 3.8) is 0 Å². The Morgan fingerprint density at radius 1 is 1.26 bits per heavy atom. The molecule has 138 valence electrons. The molecule has 0 saturated heterocycles. The molecule has 0 bridgehead atoms. The van der Waals surface area contributed by atoms with Crippen LogP contribution in [0.4, 0.5) is 16.2 Å². The van der Waals surface area contributed by atoms with Crippen LogP contribution < -0.4 is 11.1 Å². The van der Waals surface area contributed by atoms with E-state index in [0.29, 0.717) is 29.3 Å². The van der Waals surface area contributed by atoms with Crippen molar-refractivity contribution < 1.29 is 14.7 Å². The average Bonchev–Trinajstić information content (AvgIpc) is 3.32. The van der Waals surface area contributed by atoms with Gasteiger partial charge in [0.2, 0.25) is 0 Å². The second-order valence-corrected chi connectivity index (χ2v) is 7.97. The van der Waals surface area contributed by atoms with Gasteiger partial charge in [0, 0.05) is 17.8 Å². The van der Waals surface area contributed by atoms with Crippen molar-refractivity contribution in [1.82, 2.24) is 9.88 Å². The summed E-state index contributed by atoms with van der Waals surface area (Å²) in [5.74, 6) is -0.342. The van der Waals surface area contributed by atoms with Crippen molar-refractivity contribution in [1.29, 1.82) is 0 Å². The summed E-state index contributed by atoms with van der Waals surface area (Å²) < 4.78 is 0. The van der Waals surface area contributed by atoms with Gasteiger partial charge in [-0.05, 0) is 40.1 Å². The van der Waals surface area contributed by atoms with Crippen LogP contribution in [-0.4, -0.2) is 33.5 Å². The fourth-order valence-electron chi connectivity index (χ4n) is 2.90. The lowest BCUT2D eigenvalue weighted by Crippen LogP contribution is -2.34. The summed E-state index contributed by atoms with van der Waals surface area (Å²) in [6.07, 6.45) is -0.445. The predicted octanol–water partition coefficient (Wildman–Crippen LogP) is 3.74. The number of nitrogens with two attached hydrogens (primary N) is 1. The number of carboxylic acid groups (broad SMARTS) is 1. The van der Waals surface area contributed by atoms with Crippen LogP contribution >= 0.6 is 22.7 Å². The molecule has 3 heterocycles. The van der Waals surface area contributed by atoms with Crippen LogP contribution in [0.15, 0.2) is 35.0 Å². The summed E-state index contributed by atoms with van der Waals surface area (Å²) in [6.45, 7) is 0.661. The number of thiazole rings is 1. The third kappa shape index (κ3) is 3.51. The van der Waals surface area contributed by atoms with E-state index in [1.807, 2.05) is 29.0 Å². The second kappa shape index (κ2) is 7.01. The number of hydrogen-bond donors (Lipinski definition) is 3. The first-order chi connectivity index (χ1) is 13.0. The van der Waals surface area contributed by atoms with Gasteiger partial charge in [-0.2, -0.15) is 11.3 Å². The van der Waals surface area contributed by atoms with Gasteiger partial charge >= 0.3 is 6.09 Å². The molecule has 27 heavy (non-hydrogen) atoms. The Labute approximate surface area is 163 Å². The summed E-state index contributed by atoms with van der Waals surface area (Å²) in [7, 11) is 0. The van der Waals surface area contributed by atoms with Crippen LogP contribution in [0.25, 0.3) is 11.1 Å². The maximum Gasteiger partial charge on any atom is 0.407 e. The van der Waals surface area contributed by atoms with Crippen molar-refractivity contribution in [3.05, 3.63) is 50.6 Å². The molecule has 1 aliphatic heterocycles. The number of fused-ring (bicyclic) bond motifs is 1. The molecule has 0 atom stereocenters. The standard InChI is InChI=1S/C18H16N4O3S2/c19-12-2-1-10(11-4-6-26-9-11)7-14(12)20-16(23)17-21-13-3-5-22(18(24)25)8-15(13)27-17/h1-2,4,6-7,9H,3,5,8,19H2,(H,20,23)(H,24,25). The molecule has 0 saturated carbocycles. The predicted molar refractivity (Wildman–Crippen MR) is 106 cm³/mol. The molecule has 0 fully saturated rings. The van der Waals surface area contributed by atoms with E-state index in [0.717, 1.165) is 21.7 Å². The molecule has 4 N–H and O–H groups in total. The normalized spacial score (nSPS) is 13.3. The van der Waals surface area contributed by atoms with Crippen molar-refractivity contribution in [3.8, 4) is 11.1 Å². The molecule has 2 aromatic heterocycles. The minimum Gasteiger partial charge on any atom is -0.465 e. The van der Waals surface area contributed by atoms with Crippen LogP contribution in [-0.2, 0) is 13.0 Å². The Hall–Kier alpha value is -2.91. The molecule has 0 radical (unpaired) electrons. The summed E-state index contributed by atoms with van der Waals surface area (Å²) >= 11 is 2.82. The first-order valence-corrected chi connectivity index (χ1v) is 9.97. The van der Waals surface area contributed by atoms with Gasteiger partial charge < -0.3 is 21.1 Å². The largest absolute Gasteiger partial charge is 0.465 e. The summed E-state index contributed by atoms with van der Waals surface area (Å²) in [5, 5.41) is 16.3. The molecule has 0 unspecified atom stereocenters. The van der Waals surface area contributed by atoms with E-state index in [2.05, 4.69) is 10.3 Å². The number of nitrogens with zero attached hydrogens (tertiary/aromatic N) is 2. The molecular formula is C18H16N4O3S2. The average molecular weight is 400 g/mol. The van der Waals surface area contributed by atoms with Crippen LogP contribution in [0.5, 0.6) is 0 Å². The smallest absolute Gasteiger partial charge is 0.407 e. The van der Waals surface area contributed by atoms with Gasteiger partial charge in [0.1, 0.15) is 0 Å². The summed E-state index contributed by atoms with van der Waals surface area (Å²) in [6, 6.07) is 7.52. The number of amides is 2. The first-order valence-electron chi connectivity index (χ1n) is 8.21. The van der Waals surface area contributed by atoms with Crippen LogP contribution in [0, 0.1) is 0 Å². The zero-order valence-electron chi connectivity index (χ0n) is 14.1. The van der Waals surface area contributed by atoms with Gasteiger partial charge in [0.05, 0.1) is 23.6 Å². The highest BCUT2D eigenvalue weighted by Gasteiger charge is 2.25. The van der Waals surface area contributed by atoms with Crippen molar-refractivity contribution >= 4 is 46.0 Å². The highest BCUT2D eigenvalue weighted by Crippen LogP contribution is 2.30. The number of thiophene rings is 1. The Kier molecular flexibility index (Phi) is 4.54. The number of nitrogens with one attached hydrogen (secondary N) is 1. The van der Waals surface area contributed by atoms with Gasteiger partial charge in [-0.25, -0.2) is 9.78 Å². The zero-order valence-corrected chi connectivity index (χ0v) is 15.8. The Bertz CT molecular complexity index is 1010. The number of nitrogen functional groups attached to an aromatic ring is 1. The summed E-state index contributed by atoms with van der Waals surface area (Å²) in [4.78, 5) is 30.3. The van der Waals surface area contributed by atoms with E-state index in [1.54, 1.807) is 17.4 Å². The van der Waals surface area contributed by atoms with Gasteiger partial charge in [-0.1, -0.05) is 6.07 Å². The number of anilines is 2. The van der Waals surface area contributed by atoms with E-state index >= 15 is 0 Å². The highest BCUT2D eigenvalue weighted by molar-refractivity contribution is 7.13. The molecule has 2 amide bonds. The van der Waals surface area contributed by atoms with E-state index in [1.165, 1.54) is 16.2 Å². The summed E-state index contributed by atoms with van der Waals surface area (Å²) in [5.41, 5.74) is 9.85. The Balaban J connectivity index is 1.55. The third-order valence-corrected chi connectivity index (χ3v) is 6.12. The monoisotopic (exact) mass is 400 g/mol. The minimum atomic E-state index is -0.960. The molecule has 9 heteroatoms. The molecule has 4 rings (SSSR count). The lowest BCUT2D eigenvalue weighted by molar-refractivity contribution is 0.102. The molecule has 0 aliphatic carbocycles. The molecule has 1 aromatic carbocycles. The molecule has 7 nitrogen and oxygen atoms in total. The SMILES string of the molecule is Nc1ccc(-c2ccsc2)cc1NC(=O)c1nc2c(s1)CN(C(=O)O)CC2. The van der Waals surface area contributed by atoms with Crippen molar-refractivity contribution in [2.75, 3.05) is 17.6 Å². The number of carbonyl (C=O) groups is 2. The number of aromatic nitrogens is 1. The number of carbonyl (C=O) groups excluding carboxylic acids is 1. The molecule has 1 aliphatic rings. The van der Waals surface area contributed by atoms with Gasteiger partial charge in [-0.3, -0.25) is 4.79 Å². The lowest BCUT2D eigenvalue weighted by Gasteiger charge is -2.22. The van der Waals surface area contributed by atoms with Crippen LogP contribution in [0.2, 0.25) is 0 Å². The van der Waals surface area contributed by atoms with Crippen molar-refractivity contribution in [2.24, 2.45) is 0 Å². The second-order valence-electron chi connectivity index (χ2n) is 6.11. The zero-order chi connectivity index (χ0) is 19.0. The minimum absolute atomic E-state index is 0.269. The number of hydrogen-bond acceptors (Lipinski definition) is 6. The van der Waals surface area contributed by atoms with Gasteiger partial charge in [-0.15, -0.1) is 11.3 Å². The fraction of sp³-hybridized carbons (Fsp3) is 0.167. The Morgan fingerprint density at radius 3 is 2.85 bits per heavy atom. The Morgan fingerprint density at radius 2 is 2.11 bits per heavy atom. The third-order valence-electron chi connectivity index (χ3n) is 4.35. The van der Waals surface area contributed by atoms with E-state index in [-0.39, 0.29) is 12.5 Å². The van der Waals surface area contributed by atoms with Gasteiger partial charge in [0.15, 0.2) is 5.01 Å². The van der Waals surface area contributed by atoms with E-state index in [4.69, 9.17) is 10.8 Å². The molecule has 0 spiro atoms.